The van der Waals surface area contributed by atoms with E-state index < -0.39 is 5.91 Å². The Hall–Kier alpha value is -4.24. The molecule has 0 saturated carbocycles. The summed E-state index contributed by atoms with van der Waals surface area (Å²) in [6, 6.07) is 19.2. The van der Waals surface area contributed by atoms with Gasteiger partial charge >= 0.3 is 0 Å². The van der Waals surface area contributed by atoms with Crippen molar-refractivity contribution in [2.45, 2.75) is 26.2 Å². The van der Waals surface area contributed by atoms with E-state index in [1.807, 2.05) is 48.5 Å². The van der Waals surface area contributed by atoms with Gasteiger partial charge in [0.25, 0.3) is 5.91 Å². The molecule has 2 aliphatic rings. The first-order chi connectivity index (χ1) is 18.5. The molecule has 0 saturated heterocycles. The first kappa shape index (κ1) is 25.4. The van der Waals surface area contributed by atoms with Crippen molar-refractivity contribution >= 4 is 39.8 Å². The van der Waals surface area contributed by atoms with Gasteiger partial charge < -0.3 is 9.47 Å². The predicted octanol–water partition coefficient (Wildman–Crippen LogP) is 5.72. The normalized spacial score (nSPS) is 16.7. The average Bonchev–Trinajstić information content (AvgIpc) is 3.39. The van der Waals surface area contributed by atoms with Gasteiger partial charge in [0.1, 0.15) is 29.8 Å². The summed E-state index contributed by atoms with van der Waals surface area (Å²) in [6.45, 7) is 5.23. The second kappa shape index (κ2) is 11.4. The Labute approximate surface area is 225 Å². The minimum absolute atomic E-state index is 0.0129. The van der Waals surface area contributed by atoms with Gasteiger partial charge in [-0.3, -0.25) is 15.2 Å². The molecule has 3 heterocycles. The summed E-state index contributed by atoms with van der Waals surface area (Å²) in [5.74, 6) is 1.57. The number of carbonyl (C=O) groups excluding carboxylic acids is 1. The molecule has 1 amide bonds. The van der Waals surface area contributed by atoms with E-state index in [4.69, 9.17) is 14.9 Å². The van der Waals surface area contributed by atoms with E-state index in [1.54, 1.807) is 18.5 Å². The highest BCUT2D eigenvalue weighted by atomic mass is 32.2. The number of amides is 1. The molecule has 0 fully saturated rings. The van der Waals surface area contributed by atoms with Crippen LogP contribution in [0.25, 0.3) is 6.08 Å². The Balaban J connectivity index is 1.17. The van der Waals surface area contributed by atoms with Crippen molar-refractivity contribution in [3.8, 4) is 11.5 Å². The Bertz CT molecular complexity index is 1420. The number of aliphatic imine (C=N–C) groups is 1. The lowest BCUT2D eigenvalue weighted by Crippen LogP contribution is -2.35. The highest BCUT2D eigenvalue weighted by Gasteiger charge is 2.36. The lowest BCUT2D eigenvalue weighted by Gasteiger charge is -2.20. The molecule has 9 heteroatoms. The zero-order valence-electron chi connectivity index (χ0n) is 21.1. The first-order valence-corrected chi connectivity index (χ1v) is 13.2. The SMILES string of the molecule is CCC(C)c1ccc(OCCOc2ccc(C=C3C(=N)N4N=C(c5cccnc5)SC4=NC3=O)cc2)cc1. The summed E-state index contributed by atoms with van der Waals surface area (Å²) < 4.78 is 11.6. The number of nitrogens with zero attached hydrogens (tertiary/aromatic N) is 4. The highest BCUT2D eigenvalue weighted by Crippen LogP contribution is 2.31. The van der Waals surface area contributed by atoms with Crippen molar-refractivity contribution in [1.82, 2.24) is 9.99 Å². The van der Waals surface area contributed by atoms with E-state index in [0.717, 1.165) is 23.3 Å². The van der Waals surface area contributed by atoms with Crippen molar-refractivity contribution < 1.29 is 14.3 Å². The van der Waals surface area contributed by atoms with Crippen LogP contribution in [0.2, 0.25) is 0 Å². The standard InChI is InChI=1S/C29H27N5O3S/c1-3-19(2)21-8-12-24(13-9-21)37-16-15-36-23-10-6-20(7-11-23)17-25-26(30)34-29(32-27(25)35)38-28(33-34)22-5-4-14-31-18-22/h4-14,17-19,30H,3,15-16H2,1-2H3. The number of carbonyl (C=O) groups is 1. The Kier molecular flexibility index (Phi) is 7.65. The van der Waals surface area contributed by atoms with Gasteiger partial charge in [0.2, 0.25) is 5.17 Å². The number of pyridine rings is 1. The number of amidine groups is 2. The first-order valence-electron chi connectivity index (χ1n) is 12.4. The third kappa shape index (κ3) is 5.68. The molecule has 192 valence electrons. The number of hydrazone groups is 1. The monoisotopic (exact) mass is 525 g/mol. The van der Waals surface area contributed by atoms with Crippen LogP contribution in [0.4, 0.5) is 0 Å². The molecule has 3 aromatic rings. The molecule has 2 aliphatic heterocycles. The number of benzene rings is 2. The van der Waals surface area contributed by atoms with Gasteiger partial charge in [-0.15, -0.1) is 0 Å². The second-order valence-electron chi connectivity index (χ2n) is 8.81. The smallest absolute Gasteiger partial charge is 0.283 e. The molecule has 0 bridgehead atoms. The molecular weight excluding hydrogens is 498 g/mol. The number of hydrogen-bond acceptors (Lipinski definition) is 7. The number of nitrogens with one attached hydrogen (secondary N) is 1. The lowest BCUT2D eigenvalue weighted by atomic mass is 9.99. The molecule has 0 spiro atoms. The van der Waals surface area contributed by atoms with Crippen LogP contribution in [0.3, 0.4) is 0 Å². The maximum absolute atomic E-state index is 12.7. The number of thioether (sulfide) groups is 1. The van der Waals surface area contributed by atoms with Gasteiger partial charge in [-0.1, -0.05) is 38.1 Å². The number of hydrogen-bond donors (Lipinski definition) is 1. The lowest BCUT2D eigenvalue weighted by molar-refractivity contribution is -0.114. The minimum Gasteiger partial charge on any atom is -0.490 e. The van der Waals surface area contributed by atoms with Gasteiger partial charge in [-0.25, -0.2) is 0 Å². The molecule has 1 N–H and O–H groups in total. The predicted molar refractivity (Wildman–Crippen MR) is 151 cm³/mol. The Morgan fingerprint density at radius 2 is 1.71 bits per heavy atom. The molecule has 1 atom stereocenters. The second-order valence-corrected chi connectivity index (χ2v) is 9.77. The molecule has 1 aromatic heterocycles. The molecule has 0 radical (unpaired) electrons. The Morgan fingerprint density at radius 3 is 2.34 bits per heavy atom. The number of ether oxygens (including phenoxy) is 2. The zero-order valence-corrected chi connectivity index (χ0v) is 21.9. The number of aromatic nitrogens is 1. The minimum atomic E-state index is -0.467. The van der Waals surface area contributed by atoms with E-state index in [-0.39, 0.29) is 11.4 Å². The fourth-order valence-electron chi connectivity index (χ4n) is 3.87. The largest absolute Gasteiger partial charge is 0.490 e. The molecule has 2 aromatic carbocycles. The summed E-state index contributed by atoms with van der Waals surface area (Å²) in [5, 5.41) is 15.4. The van der Waals surface area contributed by atoms with E-state index in [1.165, 1.54) is 22.3 Å². The topological polar surface area (TPSA) is 100 Å². The van der Waals surface area contributed by atoms with E-state index in [9.17, 15) is 4.79 Å². The van der Waals surface area contributed by atoms with Crippen LogP contribution in [0.5, 0.6) is 11.5 Å². The molecule has 1 unspecified atom stereocenters. The number of rotatable bonds is 9. The summed E-state index contributed by atoms with van der Waals surface area (Å²) in [6.07, 6.45) is 6.12. The third-order valence-electron chi connectivity index (χ3n) is 6.24. The number of fused-ring (bicyclic) bond motifs is 1. The van der Waals surface area contributed by atoms with Crippen LogP contribution >= 0.6 is 11.8 Å². The summed E-state index contributed by atoms with van der Waals surface area (Å²) >= 11 is 1.25. The van der Waals surface area contributed by atoms with Crippen LogP contribution in [-0.2, 0) is 4.79 Å². The van der Waals surface area contributed by atoms with Crippen LogP contribution in [-0.4, -0.2) is 45.2 Å². The molecule has 5 rings (SSSR count). The average molecular weight is 526 g/mol. The van der Waals surface area contributed by atoms with Gasteiger partial charge in [0, 0.05) is 18.0 Å². The van der Waals surface area contributed by atoms with E-state index in [2.05, 4.69) is 41.1 Å². The van der Waals surface area contributed by atoms with Crippen LogP contribution in [0.1, 0.15) is 42.9 Å². The highest BCUT2D eigenvalue weighted by molar-refractivity contribution is 8.27. The van der Waals surface area contributed by atoms with Crippen molar-refractivity contribution in [1.29, 1.82) is 5.41 Å². The quantitative estimate of drug-likeness (QED) is 0.283. The zero-order chi connectivity index (χ0) is 26.5. The summed E-state index contributed by atoms with van der Waals surface area (Å²) in [7, 11) is 0. The summed E-state index contributed by atoms with van der Waals surface area (Å²) in [4.78, 5) is 20.9. The van der Waals surface area contributed by atoms with Crippen molar-refractivity contribution in [3.63, 3.8) is 0 Å². The van der Waals surface area contributed by atoms with Crippen LogP contribution < -0.4 is 9.47 Å². The van der Waals surface area contributed by atoms with Gasteiger partial charge in [-0.2, -0.15) is 15.1 Å². The van der Waals surface area contributed by atoms with Crippen LogP contribution in [0, 0.1) is 5.41 Å². The summed E-state index contributed by atoms with van der Waals surface area (Å²) in [5.41, 5.74) is 3.04. The molecule has 38 heavy (non-hydrogen) atoms. The van der Waals surface area contributed by atoms with E-state index in [0.29, 0.717) is 35.1 Å². The van der Waals surface area contributed by atoms with Crippen molar-refractivity contribution in [3.05, 3.63) is 95.3 Å². The van der Waals surface area contributed by atoms with Crippen LogP contribution in [0.15, 0.2) is 88.7 Å². The maximum atomic E-state index is 12.7. The Morgan fingerprint density at radius 1 is 1.03 bits per heavy atom. The van der Waals surface area contributed by atoms with Crippen molar-refractivity contribution in [2.75, 3.05) is 13.2 Å². The van der Waals surface area contributed by atoms with Gasteiger partial charge in [-0.05, 0) is 77.7 Å². The third-order valence-corrected chi connectivity index (χ3v) is 7.19. The fraction of sp³-hybridized carbons (Fsp3) is 0.207. The van der Waals surface area contributed by atoms with Gasteiger partial charge in [0.15, 0.2) is 5.84 Å². The molecular formula is C29H27N5O3S. The molecule has 0 aliphatic carbocycles. The maximum Gasteiger partial charge on any atom is 0.283 e. The van der Waals surface area contributed by atoms with E-state index >= 15 is 0 Å². The van der Waals surface area contributed by atoms with Gasteiger partial charge in [0.05, 0.1) is 5.57 Å². The molecule has 8 nitrogen and oxygen atoms in total. The van der Waals surface area contributed by atoms with Crippen molar-refractivity contribution in [2.24, 2.45) is 10.1 Å². The fourth-order valence-corrected chi connectivity index (χ4v) is 4.75.